The molecule has 0 bridgehead atoms. The van der Waals surface area contributed by atoms with Crippen molar-refractivity contribution in [2.45, 2.75) is 57.2 Å². The Morgan fingerprint density at radius 2 is 1.77 bits per heavy atom. The zero-order chi connectivity index (χ0) is 24.1. The Morgan fingerprint density at radius 3 is 2.49 bits per heavy atom. The molecule has 182 valence electrons. The van der Waals surface area contributed by atoms with E-state index in [0.717, 1.165) is 38.5 Å². The quantitative estimate of drug-likeness (QED) is 0.383. The molecule has 1 unspecified atom stereocenters. The predicted octanol–water partition coefficient (Wildman–Crippen LogP) is 5.37. The maximum absolute atomic E-state index is 14.7. The van der Waals surface area contributed by atoms with Gasteiger partial charge in [-0.1, -0.05) is 18.9 Å². The van der Waals surface area contributed by atoms with E-state index in [1.165, 1.54) is 17.8 Å². The molecule has 2 aliphatic rings. The highest BCUT2D eigenvalue weighted by molar-refractivity contribution is 5.99. The van der Waals surface area contributed by atoms with Crippen molar-refractivity contribution in [1.82, 2.24) is 29.0 Å². The van der Waals surface area contributed by atoms with Crippen LogP contribution in [-0.4, -0.2) is 54.5 Å². The number of halogens is 3. The van der Waals surface area contributed by atoms with E-state index in [2.05, 4.69) is 15.1 Å². The molecule has 1 saturated carbocycles. The largest absolute Gasteiger partial charge is 0.337 e. The highest BCUT2D eigenvalue weighted by atomic mass is 19.3. The standard InChI is InChI=1S/C25H25F3N6O/c26-23(27)24(28)34-19-11-18(25(35)32-9-3-1-2-4-10-32)29-12-17(19)22(31-34)20-13-30-21-8-7-16(14-33(20)21)15-5-6-15/h7-8,11-15,23-24H,1-6,9-10H2. The van der Waals surface area contributed by atoms with Crippen LogP contribution >= 0.6 is 0 Å². The summed E-state index contributed by atoms with van der Waals surface area (Å²) in [5, 5.41) is 4.65. The van der Waals surface area contributed by atoms with Crippen LogP contribution in [0.3, 0.4) is 0 Å². The SMILES string of the molecule is O=C(c1cc2c(cn1)c(-c1cnc3ccc(C4CC4)cn13)nn2C(F)C(F)F)N1CCCCCC1. The summed E-state index contributed by atoms with van der Waals surface area (Å²) in [7, 11) is 0. The summed E-state index contributed by atoms with van der Waals surface area (Å²) in [6.07, 6.45) is 5.28. The van der Waals surface area contributed by atoms with E-state index in [0.29, 0.717) is 46.1 Å². The Labute approximate surface area is 199 Å². The summed E-state index contributed by atoms with van der Waals surface area (Å²) in [6, 6.07) is 5.33. The maximum Gasteiger partial charge on any atom is 0.289 e. The first-order valence-corrected chi connectivity index (χ1v) is 12.1. The minimum Gasteiger partial charge on any atom is -0.337 e. The second-order valence-electron chi connectivity index (χ2n) is 9.40. The van der Waals surface area contributed by atoms with Gasteiger partial charge in [-0.25, -0.2) is 22.8 Å². The van der Waals surface area contributed by atoms with Gasteiger partial charge in [0.05, 0.1) is 17.4 Å². The molecule has 35 heavy (non-hydrogen) atoms. The van der Waals surface area contributed by atoms with Crippen LogP contribution in [0.4, 0.5) is 13.2 Å². The van der Waals surface area contributed by atoms with Gasteiger partial charge in [-0.3, -0.25) is 14.2 Å². The molecule has 4 aromatic heterocycles. The molecular weight excluding hydrogens is 457 g/mol. The first-order valence-electron chi connectivity index (χ1n) is 12.1. The van der Waals surface area contributed by atoms with Gasteiger partial charge in [-0.05, 0) is 49.3 Å². The summed E-state index contributed by atoms with van der Waals surface area (Å²) < 4.78 is 44.1. The third-order valence-electron chi connectivity index (χ3n) is 6.97. The number of carbonyl (C=O) groups is 1. The Morgan fingerprint density at radius 1 is 1.00 bits per heavy atom. The predicted molar refractivity (Wildman–Crippen MR) is 124 cm³/mol. The van der Waals surface area contributed by atoms with Gasteiger partial charge in [0.15, 0.2) is 0 Å². The molecule has 5 heterocycles. The minimum absolute atomic E-state index is 0.0997. The number of rotatable bonds is 5. The van der Waals surface area contributed by atoms with Crippen molar-refractivity contribution in [1.29, 1.82) is 0 Å². The Bertz CT molecular complexity index is 1400. The number of likely N-dealkylation sites (tertiary alicyclic amines) is 1. The molecular formula is C25H25F3N6O. The molecule has 1 aliphatic carbocycles. The average molecular weight is 483 g/mol. The maximum atomic E-state index is 14.7. The van der Waals surface area contributed by atoms with Crippen molar-refractivity contribution < 1.29 is 18.0 Å². The fourth-order valence-corrected chi connectivity index (χ4v) is 4.90. The van der Waals surface area contributed by atoms with Gasteiger partial charge in [0.1, 0.15) is 17.0 Å². The molecule has 2 fully saturated rings. The number of hydrogen-bond acceptors (Lipinski definition) is 4. The molecule has 1 saturated heterocycles. The van der Waals surface area contributed by atoms with Gasteiger partial charge < -0.3 is 4.90 Å². The van der Waals surface area contributed by atoms with Gasteiger partial charge in [0.25, 0.3) is 18.6 Å². The fourth-order valence-electron chi connectivity index (χ4n) is 4.90. The van der Waals surface area contributed by atoms with Crippen molar-refractivity contribution in [3.8, 4) is 11.4 Å². The van der Waals surface area contributed by atoms with Crippen molar-refractivity contribution in [3.63, 3.8) is 0 Å². The van der Waals surface area contributed by atoms with Gasteiger partial charge in [-0.15, -0.1) is 0 Å². The van der Waals surface area contributed by atoms with Crippen LogP contribution in [0.25, 0.3) is 27.9 Å². The highest BCUT2D eigenvalue weighted by Gasteiger charge is 2.29. The number of hydrogen-bond donors (Lipinski definition) is 0. The van der Waals surface area contributed by atoms with Crippen LogP contribution in [0.5, 0.6) is 0 Å². The van der Waals surface area contributed by atoms with Crippen LogP contribution in [-0.2, 0) is 0 Å². The number of pyridine rings is 2. The number of fused-ring (bicyclic) bond motifs is 2. The normalized spacial score (nSPS) is 17.9. The third kappa shape index (κ3) is 3.94. The summed E-state index contributed by atoms with van der Waals surface area (Å²) >= 11 is 0. The monoisotopic (exact) mass is 482 g/mol. The Balaban J connectivity index is 1.47. The molecule has 0 radical (unpaired) electrons. The van der Waals surface area contributed by atoms with Gasteiger partial charge in [-0.2, -0.15) is 5.10 Å². The number of imidazole rings is 1. The number of carbonyl (C=O) groups excluding carboxylic acids is 1. The van der Waals surface area contributed by atoms with E-state index in [1.807, 2.05) is 22.7 Å². The van der Waals surface area contributed by atoms with E-state index in [4.69, 9.17) is 0 Å². The number of amides is 1. The van der Waals surface area contributed by atoms with E-state index in [1.54, 1.807) is 11.1 Å². The summed E-state index contributed by atoms with van der Waals surface area (Å²) in [5.74, 6) is 0.228. The number of nitrogens with zero attached hydrogens (tertiary/aromatic N) is 6. The number of aromatic nitrogens is 5. The highest BCUT2D eigenvalue weighted by Crippen LogP contribution is 2.40. The summed E-state index contributed by atoms with van der Waals surface area (Å²) in [4.78, 5) is 23.6. The fraction of sp³-hybridized carbons (Fsp3) is 0.440. The number of alkyl halides is 3. The molecule has 4 aromatic rings. The molecule has 0 aromatic carbocycles. The topological polar surface area (TPSA) is 68.3 Å². The average Bonchev–Trinajstić information content (AvgIpc) is 3.61. The molecule has 7 nitrogen and oxygen atoms in total. The van der Waals surface area contributed by atoms with Crippen molar-refractivity contribution in [3.05, 3.63) is 48.0 Å². The van der Waals surface area contributed by atoms with Gasteiger partial charge in [0.2, 0.25) is 0 Å². The lowest BCUT2D eigenvalue weighted by atomic mass is 10.1. The van der Waals surface area contributed by atoms with Crippen LogP contribution in [0.2, 0.25) is 0 Å². The second kappa shape index (κ2) is 8.66. The second-order valence-corrected chi connectivity index (χ2v) is 9.40. The minimum atomic E-state index is -3.27. The molecule has 0 N–H and O–H groups in total. The summed E-state index contributed by atoms with van der Waals surface area (Å²) in [6.45, 7) is 1.24. The van der Waals surface area contributed by atoms with E-state index in [-0.39, 0.29) is 17.1 Å². The molecule has 1 aliphatic heterocycles. The van der Waals surface area contributed by atoms with E-state index in [9.17, 15) is 18.0 Å². The van der Waals surface area contributed by atoms with Gasteiger partial charge >= 0.3 is 0 Å². The van der Waals surface area contributed by atoms with Crippen LogP contribution in [0, 0.1) is 0 Å². The first kappa shape index (κ1) is 22.1. The zero-order valence-electron chi connectivity index (χ0n) is 19.1. The first-order chi connectivity index (χ1) is 17.0. The van der Waals surface area contributed by atoms with Crippen LogP contribution < -0.4 is 0 Å². The zero-order valence-corrected chi connectivity index (χ0v) is 19.1. The molecule has 1 amide bonds. The lowest BCUT2D eigenvalue weighted by Crippen LogP contribution is -2.32. The third-order valence-corrected chi connectivity index (χ3v) is 6.97. The van der Waals surface area contributed by atoms with E-state index >= 15 is 0 Å². The van der Waals surface area contributed by atoms with Crippen molar-refractivity contribution in [2.24, 2.45) is 0 Å². The van der Waals surface area contributed by atoms with Crippen molar-refractivity contribution in [2.75, 3.05) is 13.1 Å². The van der Waals surface area contributed by atoms with Crippen LogP contribution in [0.1, 0.15) is 66.8 Å². The van der Waals surface area contributed by atoms with Gasteiger partial charge in [0, 0.05) is 30.9 Å². The molecule has 6 rings (SSSR count). The van der Waals surface area contributed by atoms with Crippen LogP contribution in [0.15, 0.2) is 36.8 Å². The Kier molecular flexibility index (Phi) is 5.46. The molecule has 0 spiro atoms. The Hall–Kier alpha value is -3.43. The smallest absolute Gasteiger partial charge is 0.289 e. The lowest BCUT2D eigenvalue weighted by Gasteiger charge is -2.19. The lowest BCUT2D eigenvalue weighted by molar-refractivity contribution is 0.00356. The van der Waals surface area contributed by atoms with Crippen molar-refractivity contribution >= 4 is 22.5 Å². The molecule has 1 atom stereocenters. The van der Waals surface area contributed by atoms with E-state index < -0.39 is 12.7 Å². The molecule has 10 heteroatoms. The summed E-state index contributed by atoms with van der Waals surface area (Å²) in [5.41, 5.74) is 2.90.